The standard InChI is InChI=1S/C20H14ClF3N2O3S/c21-18-7-2-1-6-17(18)19(27)25-14-8-10-16(11-9-14)30(28,29)26-15-5-3-4-13(12-15)20(22,23)24/h1-12,26H,(H,25,27). The molecule has 3 rings (SSSR count). The van der Waals surface area contributed by atoms with Crippen molar-refractivity contribution in [1.29, 1.82) is 0 Å². The van der Waals surface area contributed by atoms with E-state index in [1.807, 2.05) is 0 Å². The van der Waals surface area contributed by atoms with Crippen LogP contribution in [0.25, 0.3) is 0 Å². The van der Waals surface area contributed by atoms with Gasteiger partial charge >= 0.3 is 6.18 Å². The van der Waals surface area contributed by atoms with Crippen LogP contribution in [0.4, 0.5) is 24.5 Å². The van der Waals surface area contributed by atoms with E-state index in [1.54, 1.807) is 18.2 Å². The number of nitrogens with one attached hydrogen (secondary N) is 2. The molecule has 0 bridgehead atoms. The van der Waals surface area contributed by atoms with Crippen molar-refractivity contribution < 1.29 is 26.4 Å². The van der Waals surface area contributed by atoms with E-state index in [4.69, 9.17) is 11.6 Å². The normalized spacial score (nSPS) is 11.7. The Morgan fingerprint density at radius 2 is 1.53 bits per heavy atom. The topological polar surface area (TPSA) is 75.3 Å². The molecule has 0 unspecified atom stereocenters. The summed E-state index contributed by atoms with van der Waals surface area (Å²) in [7, 11) is -4.13. The number of benzene rings is 3. The van der Waals surface area contributed by atoms with Crippen LogP contribution in [-0.2, 0) is 16.2 Å². The number of hydrogen-bond donors (Lipinski definition) is 2. The summed E-state index contributed by atoms with van der Waals surface area (Å²) in [6.45, 7) is 0. The molecule has 5 nitrogen and oxygen atoms in total. The van der Waals surface area contributed by atoms with Gasteiger partial charge in [0.05, 0.1) is 21.0 Å². The molecule has 0 heterocycles. The molecule has 0 aliphatic heterocycles. The van der Waals surface area contributed by atoms with E-state index in [1.165, 1.54) is 36.4 Å². The number of carbonyl (C=O) groups excluding carboxylic acids is 1. The summed E-state index contributed by atoms with van der Waals surface area (Å²) in [4.78, 5) is 12.1. The van der Waals surface area contributed by atoms with Crippen molar-refractivity contribution in [3.05, 3.63) is 88.9 Å². The average Bonchev–Trinajstić information content (AvgIpc) is 2.68. The van der Waals surface area contributed by atoms with Gasteiger partial charge in [0.1, 0.15) is 0 Å². The third-order valence-corrected chi connectivity index (χ3v) is 5.71. The van der Waals surface area contributed by atoms with Crippen LogP contribution in [0.1, 0.15) is 15.9 Å². The summed E-state index contributed by atoms with van der Waals surface area (Å²) in [5.74, 6) is -0.474. The van der Waals surface area contributed by atoms with Gasteiger partial charge in [0, 0.05) is 11.4 Å². The third kappa shape index (κ3) is 5.11. The van der Waals surface area contributed by atoms with Crippen molar-refractivity contribution in [2.24, 2.45) is 0 Å². The monoisotopic (exact) mass is 454 g/mol. The predicted octanol–water partition coefficient (Wildman–Crippen LogP) is 5.41. The van der Waals surface area contributed by atoms with E-state index in [-0.39, 0.29) is 21.2 Å². The lowest BCUT2D eigenvalue weighted by Crippen LogP contribution is -2.15. The van der Waals surface area contributed by atoms with Crippen molar-refractivity contribution in [2.75, 3.05) is 10.0 Å². The van der Waals surface area contributed by atoms with Crippen molar-refractivity contribution in [2.45, 2.75) is 11.1 Å². The van der Waals surface area contributed by atoms with Crippen LogP contribution in [0.15, 0.2) is 77.7 Å². The van der Waals surface area contributed by atoms with Gasteiger partial charge in [-0.3, -0.25) is 9.52 Å². The van der Waals surface area contributed by atoms with Crippen LogP contribution in [-0.4, -0.2) is 14.3 Å². The average molecular weight is 455 g/mol. The summed E-state index contributed by atoms with van der Waals surface area (Å²) in [6.07, 6.45) is -4.59. The second-order valence-corrected chi connectivity index (χ2v) is 8.23. The van der Waals surface area contributed by atoms with Gasteiger partial charge in [-0.05, 0) is 54.6 Å². The quantitative estimate of drug-likeness (QED) is 0.541. The molecule has 3 aromatic carbocycles. The zero-order valence-corrected chi connectivity index (χ0v) is 16.6. The first-order valence-electron chi connectivity index (χ1n) is 8.42. The Labute approximate surface area is 175 Å². The minimum absolute atomic E-state index is 0.185. The fourth-order valence-electron chi connectivity index (χ4n) is 2.53. The van der Waals surface area contributed by atoms with Crippen LogP contribution >= 0.6 is 11.6 Å². The fraction of sp³-hybridized carbons (Fsp3) is 0.0500. The number of alkyl halides is 3. The van der Waals surface area contributed by atoms with Crippen molar-refractivity contribution in [3.63, 3.8) is 0 Å². The second-order valence-electron chi connectivity index (χ2n) is 6.14. The Bertz CT molecular complexity index is 1180. The van der Waals surface area contributed by atoms with Crippen LogP contribution in [0.2, 0.25) is 5.02 Å². The molecule has 0 atom stereocenters. The minimum Gasteiger partial charge on any atom is -0.322 e. The maximum Gasteiger partial charge on any atom is 0.416 e. The SMILES string of the molecule is O=C(Nc1ccc(S(=O)(=O)Nc2cccc(C(F)(F)F)c2)cc1)c1ccccc1Cl. The summed E-state index contributed by atoms with van der Waals surface area (Å²) in [6, 6.07) is 15.4. The first kappa shape index (κ1) is 21.7. The van der Waals surface area contributed by atoms with E-state index in [0.29, 0.717) is 11.8 Å². The molecule has 0 saturated heterocycles. The van der Waals surface area contributed by atoms with Crippen LogP contribution in [0.5, 0.6) is 0 Å². The van der Waals surface area contributed by atoms with Gasteiger partial charge in [-0.1, -0.05) is 29.8 Å². The molecule has 0 radical (unpaired) electrons. The number of rotatable bonds is 5. The van der Waals surface area contributed by atoms with Gasteiger partial charge in [0.2, 0.25) is 0 Å². The van der Waals surface area contributed by atoms with E-state index >= 15 is 0 Å². The number of hydrogen-bond acceptors (Lipinski definition) is 3. The number of carbonyl (C=O) groups is 1. The third-order valence-electron chi connectivity index (χ3n) is 3.98. The van der Waals surface area contributed by atoms with Crippen molar-refractivity contribution in [1.82, 2.24) is 0 Å². The Balaban J connectivity index is 1.75. The lowest BCUT2D eigenvalue weighted by atomic mass is 10.2. The van der Waals surface area contributed by atoms with E-state index in [9.17, 15) is 26.4 Å². The highest BCUT2D eigenvalue weighted by Gasteiger charge is 2.30. The molecule has 0 aromatic heterocycles. The summed E-state index contributed by atoms with van der Waals surface area (Å²) in [5.41, 5.74) is -0.624. The molecule has 30 heavy (non-hydrogen) atoms. The van der Waals surface area contributed by atoms with Crippen LogP contribution in [0.3, 0.4) is 0 Å². The Morgan fingerprint density at radius 3 is 2.17 bits per heavy atom. The molecule has 10 heteroatoms. The van der Waals surface area contributed by atoms with Crippen molar-refractivity contribution in [3.8, 4) is 0 Å². The first-order chi connectivity index (χ1) is 14.1. The summed E-state index contributed by atoms with van der Waals surface area (Å²) in [5, 5.41) is 2.85. The molecule has 2 N–H and O–H groups in total. The van der Waals surface area contributed by atoms with Gasteiger partial charge in [-0.15, -0.1) is 0 Å². The number of anilines is 2. The fourth-order valence-corrected chi connectivity index (χ4v) is 3.81. The Kier molecular flexibility index (Phi) is 6.04. The summed E-state index contributed by atoms with van der Waals surface area (Å²) >= 11 is 5.97. The molecule has 0 spiro atoms. The molecule has 1 amide bonds. The van der Waals surface area contributed by atoms with E-state index < -0.39 is 27.7 Å². The maximum atomic E-state index is 12.8. The first-order valence-corrected chi connectivity index (χ1v) is 10.3. The Morgan fingerprint density at radius 1 is 0.867 bits per heavy atom. The lowest BCUT2D eigenvalue weighted by Gasteiger charge is -2.12. The molecular weight excluding hydrogens is 441 g/mol. The van der Waals surface area contributed by atoms with Crippen LogP contribution in [0, 0.1) is 0 Å². The van der Waals surface area contributed by atoms with Crippen LogP contribution < -0.4 is 10.0 Å². The van der Waals surface area contributed by atoms with Gasteiger partial charge < -0.3 is 5.32 Å². The van der Waals surface area contributed by atoms with Gasteiger partial charge in [-0.2, -0.15) is 13.2 Å². The highest BCUT2D eigenvalue weighted by Crippen LogP contribution is 2.31. The largest absolute Gasteiger partial charge is 0.416 e. The minimum atomic E-state index is -4.59. The van der Waals surface area contributed by atoms with Gasteiger partial charge in [-0.25, -0.2) is 8.42 Å². The molecule has 0 saturated carbocycles. The Hall–Kier alpha value is -3.04. The van der Waals surface area contributed by atoms with Crippen molar-refractivity contribution >= 4 is 38.9 Å². The predicted molar refractivity (Wildman–Crippen MR) is 108 cm³/mol. The van der Waals surface area contributed by atoms with E-state index in [0.717, 1.165) is 12.1 Å². The van der Waals surface area contributed by atoms with E-state index in [2.05, 4.69) is 10.0 Å². The highest BCUT2D eigenvalue weighted by atomic mass is 35.5. The zero-order valence-electron chi connectivity index (χ0n) is 15.1. The molecule has 0 fully saturated rings. The zero-order chi connectivity index (χ0) is 21.9. The smallest absolute Gasteiger partial charge is 0.322 e. The number of amides is 1. The summed E-state index contributed by atoms with van der Waals surface area (Å²) < 4.78 is 65.4. The molecule has 0 aliphatic rings. The second kappa shape index (κ2) is 8.37. The molecule has 156 valence electrons. The maximum absolute atomic E-state index is 12.8. The highest BCUT2D eigenvalue weighted by molar-refractivity contribution is 7.92. The molecule has 3 aromatic rings. The number of sulfonamides is 1. The number of halogens is 4. The van der Waals surface area contributed by atoms with Gasteiger partial charge in [0.25, 0.3) is 15.9 Å². The molecule has 0 aliphatic carbocycles. The molecular formula is C20H14ClF3N2O3S. The van der Waals surface area contributed by atoms with Gasteiger partial charge in [0.15, 0.2) is 0 Å². The lowest BCUT2D eigenvalue weighted by molar-refractivity contribution is -0.137.